The minimum absolute atomic E-state index is 0.201. The summed E-state index contributed by atoms with van der Waals surface area (Å²) < 4.78 is 1.86. The fraction of sp³-hybridized carbons (Fsp3) is 0.565. The molecule has 4 aromatic rings. The minimum Gasteiger partial charge on any atom is -0.317 e. The fourth-order valence-electron chi connectivity index (χ4n) is 8.68. The normalized spacial score (nSPS) is 14.1. The van der Waals surface area contributed by atoms with Crippen molar-refractivity contribution in [2.75, 3.05) is 67.1 Å². The lowest BCUT2D eigenvalue weighted by Crippen LogP contribution is -2.47. The van der Waals surface area contributed by atoms with Crippen LogP contribution >= 0.6 is 0 Å². The predicted molar refractivity (Wildman–Crippen MR) is 324 cm³/mol. The number of carbonyl (C=O) groups excluding carboxylic acids is 3. The predicted octanol–water partition coefficient (Wildman–Crippen LogP) is 12.8. The van der Waals surface area contributed by atoms with Gasteiger partial charge in [-0.2, -0.15) is 0 Å². The summed E-state index contributed by atoms with van der Waals surface area (Å²) in [5.74, 6) is 5.75. The van der Waals surface area contributed by atoms with Crippen LogP contribution in [0.5, 0.6) is 0 Å². The third kappa shape index (κ3) is 26.9. The summed E-state index contributed by atoms with van der Waals surface area (Å²) in [5, 5.41) is 14.8. The molecule has 3 aliphatic heterocycles. The van der Waals surface area contributed by atoms with E-state index in [1.54, 1.807) is 6.92 Å². The van der Waals surface area contributed by atoms with Crippen molar-refractivity contribution < 1.29 is 14.4 Å². The fourth-order valence-corrected chi connectivity index (χ4v) is 8.68. The molecule has 3 aliphatic rings. The number of piperidine rings is 3. The molecule has 424 valence electrons. The van der Waals surface area contributed by atoms with Gasteiger partial charge in [0.1, 0.15) is 0 Å². The van der Waals surface area contributed by atoms with Gasteiger partial charge in [-0.25, -0.2) is 0 Å². The van der Waals surface area contributed by atoms with Crippen LogP contribution < -0.4 is 20.0 Å². The van der Waals surface area contributed by atoms with Gasteiger partial charge in [0.25, 0.3) is 0 Å². The van der Waals surface area contributed by atoms with Crippen molar-refractivity contribution in [3.8, 4) is 24.7 Å². The van der Waals surface area contributed by atoms with Crippen molar-refractivity contribution in [2.24, 2.45) is 5.11 Å². The van der Waals surface area contributed by atoms with E-state index < -0.39 is 0 Å². The highest BCUT2D eigenvalue weighted by Gasteiger charge is 2.30. The molecule has 15 heteroatoms. The molecule has 77 heavy (non-hydrogen) atoms. The van der Waals surface area contributed by atoms with Gasteiger partial charge in [0.15, 0.2) is 0 Å². The maximum Gasteiger partial charge on any atom is 0.226 e. The Labute approximate surface area is 466 Å². The smallest absolute Gasteiger partial charge is 0.226 e. The molecule has 0 saturated carbocycles. The quantitative estimate of drug-likeness (QED) is 0.0565. The van der Waals surface area contributed by atoms with Gasteiger partial charge in [0, 0.05) is 118 Å². The second kappa shape index (κ2) is 45.7. The number of amides is 3. The molecule has 3 amide bonds. The number of hydrogen-bond acceptors (Lipinski definition) is 9. The van der Waals surface area contributed by atoms with E-state index in [9.17, 15) is 14.4 Å². The Morgan fingerprint density at radius 1 is 0.610 bits per heavy atom. The number of benzene rings is 3. The number of rotatable bonds is 14. The molecule has 1 N–H and O–H groups in total. The SMILES string of the molecule is C#CCC.C#CCN1CCC(N(C(=O)CC)c2ccccc2)CC1.CC.CC.CC.CCC(=O)N(c1ccccc1)C1CCN(Cc2cn(CC)nn2)CC1.CCC(=O)N(c1ccccc1)C1CCNCC1.CCN=[N+]=[N-]. The Bertz CT molecular complexity index is 2220. The Hall–Kier alpha value is -6.48. The van der Waals surface area contributed by atoms with Crippen LogP contribution in [-0.4, -0.2) is 113 Å². The number of nitrogens with zero attached hydrogens (tertiary/aromatic N) is 11. The molecule has 0 radical (unpaired) electrons. The van der Waals surface area contributed by atoms with Gasteiger partial charge in [-0.05, 0) is 100 Å². The summed E-state index contributed by atoms with van der Waals surface area (Å²) in [7, 11) is 0. The molecule has 3 aromatic carbocycles. The van der Waals surface area contributed by atoms with Crippen LogP contribution in [0.25, 0.3) is 10.4 Å². The molecular weight excluding hydrogens is 961 g/mol. The summed E-state index contributed by atoms with van der Waals surface area (Å²) >= 11 is 0. The van der Waals surface area contributed by atoms with Crippen LogP contribution in [0.15, 0.2) is 102 Å². The van der Waals surface area contributed by atoms with Gasteiger partial charge < -0.3 is 20.0 Å². The molecule has 7 rings (SSSR count). The van der Waals surface area contributed by atoms with Crippen molar-refractivity contribution in [3.05, 3.63) is 113 Å². The van der Waals surface area contributed by atoms with E-state index in [-0.39, 0.29) is 23.8 Å². The van der Waals surface area contributed by atoms with Crippen molar-refractivity contribution in [2.45, 2.75) is 179 Å². The minimum atomic E-state index is 0.201. The molecule has 0 spiro atoms. The van der Waals surface area contributed by atoms with E-state index in [1.807, 2.05) is 186 Å². The van der Waals surface area contributed by atoms with Gasteiger partial charge in [-0.15, -0.1) is 23.9 Å². The lowest BCUT2D eigenvalue weighted by Gasteiger charge is -2.38. The zero-order chi connectivity index (χ0) is 57.6. The van der Waals surface area contributed by atoms with E-state index in [2.05, 4.69) is 54.2 Å². The first-order chi connectivity index (χ1) is 37.6. The first-order valence-corrected chi connectivity index (χ1v) is 28.7. The summed E-state index contributed by atoms with van der Waals surface area (Å²) in [5.41, 5.74) is 11.6. The van der Waals surface area contributed by atoms with Crippen LogP contribution in [0.2, 0.25) is 0 Å². The van der Waals surface area contributed by atoms with E-state index >= 15 is 0 Å². The first kappa shape index (κ1) is 70.5. The Balaban J connectivity index is 0.00000101. The third-order valence-corrected chi connectivity index (χ3v) is 12.4. The lowest BCUT2D eigenvalue weighted by atomic mass is 10.0. The van der Waals surface area contributed by atoms with Crippen LogP contribution in [0, 0.1) is 24.7 Å². The monoisotopic (exact) mass is 1060 g/mol. The first-order valence-electron chi connectivity index (χ1n) is 28.7. The number of terminal acetylenes is 2. The Kier molecular flexibility index (Phi) is 41.8. The van der Waals surface area contributed by atoms with E-state index in [0.29, 0.717) is 44.4 Å². The summed E-state index contributed by atoms with van der Waals surface area (Å²) in [6.45, 7) is 32.4. The number of likely N-dealkylation sites (tertiary alicyclic amines) is 2. The zero-order valence-corrected chi connectivity index (χ0v) is 49.4. The molecule has 3 fully saturated rings. The molecule has 0 bridgehead atoms. The third-order valence-electron chi connectivity index (χ3n) is 12.4. The van der Waals surface area contributed by atoms with E-state index in [0.717, 1.165) is 120 Å². The van der Waals surface area contributed by atoms with Gasteiger partial charge >= 0.3 is 0 Å². The molecule has 0 unspecified atom stereocenters. The highest BCUT2D eigenvalue weighted by Crippen LogP contribution is 2.27. The van der Waals surface area contributed by atoms with E-state index in [4.69, 9.17) is 18.4 Å². The van der Waals surface area contributed by atoms with Crippen LogP contribution in [0.3, 0.4) is 0 Å². The van der Waals surface area contributed by atoms with E-state index in [1.165, 1.54) is 0 Å². The van der Waals surface area contributed by atoms with Gasteiger partial charge in [0.2, 0.25) is 17.7 Å². The number of anilines is 3. The molecule has 3 saturated heterocycles. The van der Waals surface area contributed by atoms with Gasteiger partial charge in [0.05, 0.1) is 12.2 Å². The summed E-state index contributed by atoms with van der Waals surface area (Å²) in [6, 6.07) is 31.0. The molecule has 0 aliphatic carbocycles. The largest absolute Gasteiger partial charge is 0.317 e. The van der Waals surface area contributed by atoms with Crippen molar-refractivity contribution in [1.29, 1.82) is 0 Å². The van der Waals surface area contributed by atoms with Crippen LogP contribution in [-0.2, 0) is 27.5 Å². The number of nitrogens with one attached hydrogen (secondary N) is 1. The number of azide groups is 1. The Morgan fingerprint density at radius 2 is 0.974 bits per heavy atom. The van der Waals surface area contributed by atoms with Crippen LogP contribution in [0.4, 0.5) is 17.1 Å². The summed E-state index contributed by atoms with van der Waals surface area (Å²) in [4.78, 5) is 50.1. The second-order valence-corrected chi connectivity index (χ2v) is 17.2. The highest BCUT2D eigenvalue weighted by atomic mass is 16.2. The van der Waals surface area contributed by atoms with Crippen molar-refractivity contribution in [3.63, 3.8) is 0 Å². The average Bonchev–Trinajstić information content (AvgIpc) is 3.97. The molecule has 4 heterocycles. The number of para-hydroxylation sites is 3. The topological polar surface area (TPSA) is 159 Å². The molecular formula is C62H98N12O3. The number of carbonyl (C=O) groups is 3. The summed E-state index contributed by atoms with van der Waals surface area (Å²) in [6.07, 6.45) is 20.7. The molecule has 1 aromatic heterocycles. The molecule has 0 atom stereocenters. The number of aromatic nitrogens is 3. The van der Waals surface area contributed by atoms with Gasteiger partial charge in [-0.1, -0.05) is 147 Å². The second-order valence-electron chi connectivity index (χ2n) is 17.2. The average molecular weight is 1060 g/mol. The Morgan fingerprint density at radius 3 is 1.26 bits per heavy atom. The van der Waals surface area contributed by atoms with Crippen molar-refractivity contribution in [1.82, 2.24) is 30.1 Å². The van der Waals surface area contributed by atoms with Gasteiger partial charge in [-0.3, -0.25) is 28.9 Å². The standard InChI is InChI=1S/C19H27N5O.C17H22N2O.C14H20N2O.C4H6.C2H5N3.3C2H6/c1-3-19(25)24(17-8-6-5-7-9-17)18-10-12-22(13-11-18)14-16-15-23(4-2)21-20-16;1-3-12-18-13-10-16(11-14-18)19(17(20)4-2)15-8-6-5-7-9-15;1-2-14(17)16(12-6-4-3-5-7-12)13-8-10-15-11-9-13;1-3-4-2;1-2-4-5-3;3*1-2/h5-9,15,18H,3-4,10-14H2,1-2H3;1,5-9,16H,4,10-14H2,2H3;3-7,13,15H,2,8-11H2,1H3;1H,4H2,2H3;2H2,1H3;3*1-2H3. The number of aryl methyl sites for hydroxylation is 1. The maximum absolute atomic E-state index is 12.5. The molecule has 15 nitrogen and oxygen atoms in total. The highest BCUT2D eigenvalue weighted by molar-refractivity contribution is 5.95. The van der Waals surface area contributed by atoms with Crippen molar-refractivity contribution >= 4 is 34.8 Å². The van der Waals surface area contributed by atoms with Crippen LogP contribution in [0.1, 0.15) is 153 Å². The lowest BCUT2D eigenvalue weighted by molar-refractivity contribution is -0.119. The maximum atomic E-state index is 12.5. The number of hydrogen-bond donors (Lipinski definition) is 1. The zero-order valence-electron chi connectivity index (χ0n) is 49.4.